The number of aryl methyl sites for hydroxylation is 2. The molecule has 0 N–H and O–H groups in total. The molecule has 0 saturated heterocycles. The van der Waals surface area contributed by atoms with E-state index in [4.69, 9.17) is 4.74 Å². The highest BCUT2D eigenvalue weighted by Crippen LogP contribution is 2.25. The summed E-state index contributed by atoms with van der Waals surface area (Å²) < 4.78 is 20.5. The Balaban J connectivity index is 1.71. The quantitative estimate of drug-likeness (QED) is 0.495. The van der Waals surface area contributed by atoms with Crippen molar-refractivity contribution in [3.63, 3.8) is 0 Å². The largest absolute Gasteiger partial charge is 0.454 e. The van der Waals surface area contributed by atoms with Crippen LogP contribution in [0, 0.1) is 19.7 Å². The lowest BCUT2D eigenvalue weighted by Gasteiger charge is -2.09. The van der Waals surface area contributed by atoms with Crippen LogP contribution in [0.4, 0.5) is 4.39 Å². The van der Waals surface area contributed by atoms with Crippen molar-refractivity contribution < 1.29 is 13.9 Å². The first-order chi connectivity index (χ1) is 13.5. The average molecular weight is 377 g/mol. The maximum Gasteiger partial charge on any atom is 0.172 e. The Labute approximate surface area is 159 Å². The van der Waals surface area contributed by atoms with Crippen LogP contribution in [0.25, 0.3) is 5.65 Å². The van der Waals surface area contributed by atoms with E-state index in [1.54, 1.807) is 25.4 Å². The van der Waals surface area contributed by atoms with Gasteiger partial charge in [0.2, 0.25) is 0 Å². The summed E-state index contributed by atoms with van der Waals surface area (Å²) in [5.41, 5.74) is 2.46. The highest BCUT2D eigenvalue weighted by molar-refractivity contribution is 6.02. The second-order valence-corrected chi connectivity index (χ2v) is 6.38. The minimum atomic E-state index is -0.517. The number of ether oxygens (including phenoxy) is 1. The van der Waals surface area contributed by atoms with Crippen LogP contribution in [-0.2, 0) is 6.42 Å². The lowest BCUT2D eigenvalue weighted by Crippen LogP contribution is -2.08. The first-order valence-corrected chi connectivity index (χ1v) is 8.58. The van der Waals surface area contributed by atoms with Gasteiger partial charge < -0.3 is 4.74 Å². The maximum absolute atomic E-state index is 13.4. The molecular weight excluding hydrogens is 361 g/mol. The van der Waals surface area contributed by atoms with Gasteiger partial charge in [-0.05, 0) is 31.5 Å². The predicted octanol–water partition coefficient (Wildman–Crippen LogP) is 3.49. The molecule has 4 aromatic rings. The molecule has 0 atom stereocenters. The average Bonchev–Trinajstić information content (AvgIpc) is 3.03. The van der Waals surface area contributed by atoms with Crippen molar-refractivity contribution in [1.29, 1.82) is 0 Å². The van der Waals surface area contributed by atoms with Gasteiger partial charge in [-0.25, -0.2) is 13.9 Å². The van der Waals surface area contributed by atoms with Crippen LogP contribution >= 0.6 is 0 Å². The number of carbonyl (C=O) groups excluding carboxylic acids is 1. The highest BCUT2D eigenvalue weighted by Gasteiger charge is 2.17. The number of pyridine rings is 3. The minimum Gasteiger partial charge on any atom is -0.454 e. The van der Waals surface area contributed by atoms with E-state index >= 15 is 0 Å². The minimum absolute atomic E-state index is 0.118. The zero-order chi connectivity index (χ0) is 19.7. The summed E-state index contributed by atoms with van der Waals surface area (Å²) in [6.45, 7) is 3.67. The molecule has 0 amide bonds. The number of halogens is 1. The highest BCUT2D eigenvalue weighted by atomic mass is 19.1. The lowest BCUT2D eigenvalue weighted by atomic mass is 10.1. The molecule has 0 spiro atoms. The SMILES string of the molecule is Cc1ccc(CC(=O)c2cc(Oc3cncc(F)c3)cn3nc(C)nc23)nc1. The number of carbonyl (C=O) groups is 1. The lowest BCUT2D eigenvalue weighted by molar-refractivity contribution is 0.0992. The van der Waals surface area contributed by atoms with Crippen LogP contribution in [0.1, 0.15) is 27.4 Å². The molecule has 0 unspecified atom stereocenters. The number of ketones is 1. The van der Waals surface area contributed by atoms with Crippen molar-refractivity contribution in [3.8, 4) is 11.5 Å². The maximum atomic E-state index is 13.4. The van der Waals surface area contributed by atoms with E-state index in [9.17, 15) is 9.18 Å². The van der Waals surface area contributed by atoms with Crippen LogP contribution in [0.15, 0.2) is 49.1 Å². The van der Waals surface area contributed by atoms with Gasteiger partial charge in [0.15, 0.2) is 11.4 Å². The molecule has 4 rings (SSSR count). The van der Waals surface area contributed by atoms with Gasteiger partial charge in [0, 0.05) is 18.0 Å². The number of rotatable bonds is 5. The second-order valence-electron chi connectivity index (χ2n) is 6.38. The van der Waals surface area contributed by atoms with Gasteiger partial charge in [0.1, 0.15) is 23.1 Å². The summed E-state index contributed by atoms with van der Waals surface area (Å²) in [7, 11) is 0. The Hall–Kier alpha value is -3.68. The standard InChI is InChI=1S/C20H16FN5O2/c1-12-3-4-15(23-8-12)6-19(27)18-7-17(11-26-20(18)24-13(2)25-26)28-16-5-14(21)9-22-10-16/h3-5,7-11H,6H2,1-2H3. The van der Waals surface area contributed by atoms with Crippen LogP contribution in [0.3, 0.4) is 0 Å². The van der Waals surface area contributed by atoms with Crippen molar-refractivity contribution in [1.82, 2.24) is 24.6 Å². The molecule has 28 heavy (non-hydrogen) atoms. The van der Waals surface area contributed by atoms with Crippen molar-refractivity contribution in [2.24, 2.45) is 0 Å². The first-order valence-electron chi connectivity index (χ1n) is 8.58. The van der Waals surface area contributed by atoms with E-state index < -0.39 is 5.82 Å². The van der Waals surface area contributed by atoms with Gasteiger partial charge in [-0.2, -0.15) is 5.10 Å². The van der Waals surface area contributed by atoms with Crippen molar-refractivity contribution >= 4 is 11.4 Å². The van der Waals surface area contributed by atoms with Crippen LogP contribution in [0.5, 0.6) is 11.5 Å². The smallest absolute Gasteiger partial charge is 0.172 e. The summed E-state index contributed by atoms with van der Waals surface area (Å²) in [6.07, 6.45) is 5.89. The fraction of sp³-hybridized carbons (Fsp3) is 0.150. The van der Waals surface area contributed by atoms with E-state index in [1.807, 2.05) is 19.1 Å². The number of hydrogen-bond donors (Lipinski definition) is 0. The Morgan fingerprint density at radius 1 is 1.14 bits per heavy atom. The zero-order valence-electron chi connectivity index (χ0n) is 15.3. The van der Waals surface area contributed by atoms with Gasteiger partial charge >= 0.3 is 0 Å². The Morgan fingerprint density at radius 3 is 2.75 bits per heavy atom. The van der Waals surface area contributed by atoms with E-state index in [1.165, 1.54) is 16.8 Å². The summed E-state index contributed by atoms with van der Waals surface area (Å²) in [6, 6.07) is 6.51. The Kier molecular flexibility index (Phi) is 4.52. The predicted molar refractivity (Wildman–Crippen MR) is 99.0 cm³/mol. The fourth-order valence-corrected chi connectivity index (χ4v) is 2.78. The molecular formula is C20H16FN5O2. The van der Waals surface area contributed by atoms with Crippen LogP contribution < -0.4 is 4.74 Å². The normalized spacial score (nSPS) is 11.0. The number of aromatic nitrogens is 5. The monoisotopic (exact) mass is 377 g/mol. The fourth-order valence-electron chi connectivity index (χ4n) is 2.78. The van der Waals surface area contributed by atoms with Crippen LogP contribution in [-0.4, -0.2) is 30.3 Å². The summed E-state index contributed by atoms with van der Waals surface area (Å²) in [5, 5.41) is 4.26. The van der Waals surface area contributed by atoms with Crippen molar-refractivity contribution in [2.45, 2.75) is 20.3 Å². The Bertz CT molecular complexity index is 1170. The number of nitrogens with zero attached hydrogens (tertiary/aromatic N) is 5. The molecule has 0 bridgehead atoms. The number of hydrogen-bond acceptors (Lipinski definition) is 6. The number of fused-ring (bicyclic) bond motifs is 1. The number of Topliss-reactive ketones (excluding diaryl/α,β-unsaturated/α-hetero) is 1. The molecule has 4 heterocycles. The molecule has 7 nitrogen and oxygen atoms in total. The van der Waals surface area contributed by atoms with Gasteiger partial charge in [0.05, 0.1) is 30.6 Å². The van der Waals surface area contributed by atoms with E-state index in [2.05, 4.69) is 20.1 Å². The molecule has 0 aliphatic heterocycles. The molecule has 0 aliphatic carbocycles. The van der Waals surface area contributed by atoms with E-state index in [0.29, 0.717) is 28.5 Å². The topological polar surface area (TPSA) is 82.3 Å². The second kappa shape index (κ2) is 7.15. The van der Waals surface area contributed by atoms with E-state index in [0.717, 1.165) is 11.8 Å². The molecule has 140 valence electrons. The molecule has 0 aromatic carbocycles. The summed E-state index contributed by atoms with van der Waals surface area (Å²) in [5.74, 6) is 0.375. The van der Waals surface area contributed by atoms with E-state index in [-0.39, 0.29) is 18.0 Å². The molecule has 0 aliphatic rings. The zero-order valence-corrected chi connectivity index (χ0v) is 15.3. The third-order valence-corrected chi connectivity index (χ3v) is 4.04. The van der Waals surface area contributed by atoms with Gasteiger partial charge in [-0.15, -0.1) is 0 Å². The molecule has 0 radical (unpaired) electrons. The van der Waals surface area contributed by atoms with Gasteiger partial charge in [0.25, 0.3) is 0 Å². The molecule has 0 saturated carbocycles. The third-order valence-electron chi connectivity index (χ3n) is 4.04. The molecule has 0 fully saturated rings. The summed E-state index contributed by atoms with van der Waals surface area (Å²) in [4.78, 5) is 25.3. The van der Waals surface area contributed by atoms with Gasteiger partial charge in [-0.3, -0.25) is 14.8 Å². The van der Waals surface area contributed by atoms with Crippen molar-refractivity contribution in [2.75, 3.05) is 0 Å². The van der Waals surface area contributed by atoms with Crippen LogP contribution in [0.2, 0.25) is 0 Å². The molecule has 8 heteroatoms. The third kappa shape index (κ3) is 3.71. The Morgan fingerprint density at radius 2 is 2.00 bits per heavy atom. The first kappa shape index (κ1) is 17.7. The van der Waals surface area contributed by atoms with Crippen molar-refractivity contribution in [3.05, 3.63) is 77.5 Å². The molecule has 4 aromatic heterocycles. The van der Waals surface area contributed by atoms with Gasteiger partial charge in [-0.1, -0.05) is 6.07 Å². The summed E-state index contributed by atoms with van der Waals surface area (Å²) >= 11 is 0.